The van der Waals surface area contributed by atoms with Crippen molar-refractivity contribution in [1.29, 1.82) is 0 Å². The second-order valence-electron chi connectivity index (χ2n) is 6.12. The van der Waals surface area contributed by atoms with Gasteiger partial charge in [0, 0.05) is 18.5 Å². The Hall–Kier alpha value is -1.06. The van der Waals surface area contributed by atoms with E-state index in [1.54, 1.807) is 0 Å². The van der Waals surface area contributed by atoms with Crippen molar-refractivity contribution >= 4 is 18.3 Å². The number of halogens is 1. The van der Waals surface area contributed by atoms with Crippen LogP contribution in [0, 0.1) is 5.41 Å². The Balaban J connectivity index is 0.00000400. The summed E-state index contributed by atoms with van der Waals surface area (Å²) in [5.41, 5.74) is 6.54. The highest BCUT2D eigenvalue weighted by molar-refractivity contribution is 5.85. The number of hydrogen-bond acceptors (Lipinski definition) is 2. The highest BCUT2D eigenvalue weighted by Crippen LogP contribution is 2.26. The fourth-order valence-electron chi connectivity index (χ4n) is 2.43. The molecular formula is C17H29ClN2O. The molecule has 0 aliphatic heterocycles. The molecule has 1 amide bonds. The van der Waals surface area contributed by atoms with Crippen LogP contribution in [0.15, 0.2) is 30.3 Å². The molecule has 21 heavy (non-hydrogen) atoms. The molecule has 0 unspecified atom stereocenters. The molecule has 0 saturated carbocycles. The van der Waals surface area contributed by atoms with Gasteiger partial charge in [0.2, 0.25) is 5.91 Å². The molecule has 3 nitrogen and oxygen atoms in total. The van der Waals surface area contributed by atoms with E-state index in [1.807, 2.05) is 32.0 Å². The third-order valence-electron chi connectivity index (χ3n) is 4.47. The zero-order valence-corrected chi connectivity index (χ0v) is 14.4. The van der Waals surface area contributed by atoms with Gasteiger partial charge in [0.1, 0.15) is 0 Å². The maximum absolute atomic E-state index is 12.4. The first-order valence-corrected chi connectivity index (χ1v) is 7.46. The zero-order valence-electron chi connectivity index (χ0n) is 13.6. The van der Waals surface area contributed by atoms with E-state index in [2.05, 4.69) is 31.3 Å². The Bertz CT molecular complexity index is 419. The van der Waals surface area contributed by atoms with E-state index in [0.29, 0.717) is 13.1 Å². The first-order valence-electron chi connectivity index (χ1n) is 7.46. The predicted molar refractivity (Wildman–Crippen MR) is 91.8 cm³/mol. The molecule has 0 aliphatic rings. The number of hydrogen-bond donors (Lipinski definition) is 2. The average molecular weight is 313 g/mol. The molecule has 0 bridgehead atoms. The Kier molecular flexibility index (Phi) is 7.98. The van der Waals surface area contributed by atoms with Crippen LogP contribution in [0.2, 0.25) is 0 Å². The molecule has 4 heteroatoms. The molecule has 120 valence electrons. The van der Waals surface area contributed by atoms with Gasteiger partial charge in [0.15, 0.2) is 0 Å². The SMILES string of the molecule is CCC(CC)(CN)C(=O)NCC(C)(C)c1ccccc1.Cl. The quantitative estimate of drug-likeness (QED) is 0.812. The summed E-state index contributed by atoms with van der Waals surface area (Å²) in [6.45, 7) is 9.36. The summed E-state index contributed by atoms with van der Waals surface area (Å²) >= 11 is 0. The summed E-state index contributed by atoms with van der Waals surface area (Å²) in [5.74, 6) is 0.0778. The molecule has 0 saturated heterocycles. The van der Waals surface area contributed by atoms with Crippen molar-refractivity contribution in [2.45, 2.75) is 46.0 Å². The molecule has 0 atom stereocenters. The number of carbonyl (C=O) groups excluding carboxylic acids is 1. The zero-order chi connectivity index (χ0) is 15.2. The number of amides is 1. The van der Waals surface area contributed by atoms with Crippen molar-refractivity contribution in [3.63, 3.8) is 0 Å². The molecule has 0 spiro atoms. The smallest absolute Gasteiger partial charge is 0.227 e. The lowest BCUT2D eigenvalue weighted by Gasteiger charge is -2.32. The Morgan fingerprint density at radius 2 is 1.67 bits per heavy atom. The Morgan fingerprint density at radius 1 is 1.14 bits per heavy atom. The minimum absolute atomic E-state index is 0. The van der Waals surface area contributed by atoms with E-state index in [-0.39, 0.29) is 23.7 Å². The number of carbonyl (C=O) groups is 1. The van der Waals surface area contributed by atoms with Gasteiger partial charge in [-0.3, -0.25) is 4.79 Å². The number of nitrogens with one attached hydrogen (secondary N) is 1. The minimum Gasteiger partial charge on any atom is -0.355 e. The van der Waals surface area contributed by atoms with Gasteiger partial charge in [-0.2, -0.15) is 0 Å². The summed E-state index contributed by atoms with van der Waals surface area (Å²) in [5, 5.41) is 3.10. The molecule has 3 N–H and O–H groups in total. The third-order valence-corrected chi connectivity index (χ3v) is 4.47. The van der Waals surface area contributed by atoms with Crippen LogP contribution in [0.1, 0.15) is 46.1 Å². The van der Waals surface area contributed by atoms with Crippen molar-refractivity contribution < 1.29 is 4.79 Å². The largest absolute Gasteiger partial charge is 0.355 e. The Morgan fingerprint density at radius 3 is 2.10 bits per heavy atom. The van der Waals surface area contributed by atoms with Crippen LogP contribution in [0.4, 0.5) is 0 Å². The normalized spacial score (nSPS) is 11.7. The fraction of sp³-hybridized carbons (Fsp3) is 0.588. The molecule has 0 radical (unpaired) electrons. The van der Waals surface area contributed by atoms with Crippen LogP contribution < -0.4 is 11.1 Å². The van der Waals surface area contributed by atoms with Crippen LogP contribution in [-0.2, 0) is 10.2 Å². The number of rotatable bonds is 7. The van der Waals surface area contributed by atoms with E-state index < -0.39 is 5.41 Å². The van der Waals surface area contributed by atoms with Crippen LogP contribution in [0.25, 0.3) is 0 Å². The first kappa shape index (κ1) is 19.9. The topological polar surface area (TPSA) is 55.1 Å². The van der Waals surface area contributed by atoms with Crippen molar-refractivity contribution in [3.05, 3.63) is 35.9 Å². The van der Waals surface area contributed by atoms with E-state index in [0.717, 1.165) is 12.8 Å². The molecule has 0 fully saturated rings. The van der Waals surface area contributed by atoms with E-state index in [4.69, 9.17) is 5.73 Å². The average Bonchev–Trinajstić information content (AvgIpc) is 2.48. The summed E-state index contributed by atoms with van der Waals surface area (Å²) in [7, 11) is 0. The summed E-state index contributed by atoms with van der Waals surface area (Å²) < 4.78 is 0. The van der Waals surface area contributed by atoms with Gasteiger partial charge in [0.25, 0.3) is 0 Å². The molecule has 1 aromatic carbocycles. The second-order valence-corrected chi connectivity index (χ2v) is 6.12. The van der Waals surface area contributed by atoms with Crippen LogP contribution >= 0.6 is 12.4 Å². The number of benzene rings is 1. The third kappa shape index (κ3) is 4.72. The molecule has 1 rings (SSSR count). The predicted octanol–water partition coefficient (Wildman–Crippen LogP) is 3.27. The van der Waals surface area contributed by atoms with Crippen molar-refractivity contribution in [1.82, 2.24) is 5.32 Å². The first-order chi connectivity index (χ1) is 9.41. The number of nitrogens with two attached hydrogens (primary N) is 1. The lowest BCUT2D eigenvalue weighted by Crippen LogP contribution is -2.48. The van der Waals surface area contributed by atoms with Gasteiger partial charge in [-0.05, 0) is 18.4 Å². The molecule has 0 aliphatic carbocycles. The summed E-state index contributed by atoms with van der Waals surface area (Å²) in [6, 6.07) is 10.3. The van der Waals surface area contributed by atoms with Crippen LogP contribution in [0.5, 0.6) is 0 Å². The van der Waals surface area contributed by atoms with Crippen LogP contribution in [0.3, 0.4) is 0 Å². The van der Waals surface area contributed by atoms with E-state index in [1.165, 1.54) is 5.56 Å². The van der Waals surface area contributed by atoms with Gasteiger partial charge in [-0.15, -0.1) is 12.4 Å². The van der Waals surface area contributed by atoms with Gasteiger partial charge >= 0.3 is 0 Å². The van der Waals surface area contributed by atoms with Gasteiger partial charge < -0.3 is 11.1 Å². The molecule has 0 heterocycles. The van der Waals surface area contributed by atoms with Gasteiger partial charge in [0.05, 0.1) is 5.41 Å². The minimum atomic E-state index is -0.424. The highest BCUT2D eigenvalue weighted by atomic mass is 35.5. The van der Waals surface area contributed by atoms with Gasteiger partial charge in [-0.25, -0.2) is 0 Å². The van der Waals surface area contributed by atoms with Crippen molar-refractivity contribution in [3.8, 4) is 0 Å². The van der Waals surface area contributed by atoms with E-state index in [9.17, 15) is 4.79 Å². The van der Waals surface area contributed by atoms with Crippen molar-refractivity contribution in [2.24, 2.45) is 11.1 Å². The monoisotopic (exact) mass is 312 g/mol. The van der Waals surface area contributed by atoms with Gasteiger partial charge in [-0.1, -0.05) is 58.0 Å². The maximum Gasteiger partial charge on any atom is 0.227 e. The lowest BCUT2D eigenvalue weighted by atomic mass is 9.80. The highest BCUT2D eigenvalue weighted by Gasteiger charge is 2.34. The van der Waals surface area contributed by atoms with Crippen LogP contribution in [-0.4, -0.2) is 19.0 Å². The van der Waals surface area contributed by atoms with E-state index >= 15 is 0 Å². The van der Waals surface area contributed by atoms with Crippen molar-refractivity contribution in [2.75, 3.05) is 13.1 Å². The standard InChI is InChI=1S/C17H28N2O.ClH/c1-5-17(6-2,12-18)15(20)19-13-16(3,4)14-10-8-7-9-11-14;/h7-11H,5-6,12-13,18H2,1-4H3,(H,19,20);1H. The maximum atomic E-state index is 12.4. The summed E-state index contributed by atoms with van der Waals surface area (Å²) in [4.78, 5) is 12.4. The lowest BCUT2D eigenvalue weighted by molar-refractivity contribution is -0.131. The second kappa shape index (κ2) is 8.40. The molecule has 1 aromatic rings. The molecule has 0 aromatic heterocycles. The summed E-state index contributed by atoms with van der Waals surface area (Å²) in [6.07, 6.45) is 1.55. The molecular weight excluding hydrogens is 284 g/mol. The Labute approximate surface area is 135 Å². The fourth-order valence-corrected chi connectivity index (χ4v) is 2.43.